The summed E-state index contributed by atoms with van der Waals surface area (Å²) in [6.07, 6.45) is -4.29. The molecule has 1 aromatic carbocycles. The van der Waals surface area contributed by atoms with Crippen LogP contribution in [0.5, 0.6) is 0 Å². The number of aliphatic hydroxyl groups is 2. The Bertz CT molecular complexity index is 1410. The Kier molecular flexibility index (Phi) is 8.80. The van der Waals surface area contributed by atoms with Gasteiger partial charge in [-0.25, -0.2) is 4.79 Å². The van der Waals surface area contributed by atoms with Gasteiger partial charge in [-0.15, -0.1) is 11.8 Å². The Morgan fingerprint density at radius 1 is 1.07 bits per heavy atom. The molecule has 2 saturated carbocycles. The highest BCUT2D eigenvalue weighted by molar-refractivity contribution is 7.98. The fourth-order valence-electron chi connectivity index (χ4n) is 8.28. The Labute approximate surface area is 266 Å². The van der Waals surface area contributed by atoms with Gasteiger partial charge in [0.1, 0.15) is 17.8 Å². The smallest absolute Gasteiger partial charge is 0.338 e. The number of carbonyl (C=O) groups excluding carboxylic acids is 4. The van der Waals surface area contributed by atoms with Crippen LogP contribution in [0, 0.1) is 16.7 Å². The van der Waals surface area contributed by atoms with E-state index in [9.17, 15) is 24.6 Å². The van der Waals surface area contributed by atoms with Crippen LogP contribution in [0.3, 0.4) is 0 Å². The third kappa shape index (κ3) is 5.04. The standard InChI is InChI=1S/C33H42O11S/c1-17-21(36)14-33(39)28(43-29(38)20-11-9-8-10-12-20)26-31(6,27(37)25(42-18(2)34)24(17)30(33,4)5)22(41-16-45-7)13-23-32(26,15-40-23)44-19(3)35/h8-12,21-23,25-26,28,36,39H,13-16H2,1-7H3/t21-,22-,23+,25+,26?,28?,31+,32-,33+/m0/s1. The molecule has 0 radical (unpaired) electrons. The lowest BCUT2D eigenvalue weighted by Gasteiger charge is -2.67. The van der Waals surface area contributed by atoms with Gasteiger partial charge in [0, 0.05) is 32.1 Å². The molecule has 12 heteroatoms. The summed E-state index contributed by atoms with van der Waals surface area (Å²) in [5, 5.41) is 24.5. The summed E-state index contributed by atoms with van der Waals surface area (Å²) in [6, 6.07) is 8.21. The van der Waals surface area contributed by atoms with Gasteiger partial charge < -0.3 is 33.9 Å². The number of carbonyl (C=O) groups is 4. The number of hydrogen-bond acceptors (Lipinski definition) is 12. The van der Waals surface area contributed by atoms with Crippen molar-refractivity contribution in [2.24, 2.45) is 16.7 Å². The van der Waals surface area contributed by atoms with Gasteiger partial charge in [-0.2, -0.15) is 0 Å². The molecule has 3 fully saturated rings. The summed E-state index contributed by atoms with van der Waals surface area (Å²) in [7, 11) is 0. The first-order chi connectivity index (χ1) is 21.1. The summed E-state index contributed by atoms with van der Waals surface area (Å²) in [5.74, 6) is -3.80. The second-order valence-electron chi connectivity index (χ2n) is 13.3. The summed E-state index contributed by atoms with van der Waals surface area (Å²) < 4.78 is 30.5. The van der Waals surface area contributed by atoms with Gasteiger partial charge in [0.05, 0.1) is 41.7 Å². The van der Waals surface area contributed by atoms with Gasteiger partial charge in [-0.05, 0) is 43.4 Å². The molecule has 246 valence electrons. The Morgan fingerprint density at radius 3 is 2.29 bits per heavy atom. The predicted octanol–water partition coefficient (Wildman–Crippen LogP) is 3.00. The van der Waals surface area contributed by atoms with Crippen LogP contribution < -0.4 is 0 Å². The average Bonchev–Trinajstić information content (AvgIpc) is 2.96. The summed E-state index contributed by atoms with van der Waals surface area (Å²) in [6.45, 7) is 8.89. The molecule has 5 rings (SSSR count). The van der Waals surface area contributed by atoms with Crippen LogP contribution in [0.2, 0.25) is 0 Å². The summed E-state index contributed by atoms with van der Waals surface area (Å²) in [4.78, 5) is 54.5. The fourth-order valence-corrected chi connectivity index (χ4v) is 8.58. The third-order valence-corrected chi connectivity index (χ3v) is 10.9. The molecule has 3 aliphatic carbocycles. The van der Waals surface area contributed by atoms with E-state index in [-0.39, 0.29) is 36.5 Å². The van der Waals surface area contributed by atoms with E-state index in [1.54, 1.807) is 58.0 Å². The second-order valence-corrected chi connectivity index (χ2v) is 14.1. The fraction of sp³-hybridized carbons (Fsp3) is 0.636. The van der Waals surface area contributed by atoms with Crippen molar-refractivity contribution in [3.63, 3.8) is 0 Å². The first-order valence-electron chi connectivity index (χ1n) is 15.1. The largest absolute Gasteiger partial charge is 0.455 e. The second kappa shape index (κ2) is 11.8. The Balaban J connectivity index is 1.85. The van der Waals surface area contributed by atoms with Crippen molar-refractivity contribution in [1.29, 1.82) is 0 Å². The van der Waals surface area contributed by atoms with Crippen molar-refractivity contribution >= 4 is 35.5 Å². The highest BCUT2D eigenvalue weighted by atomic mass is 32.2. The molecule has 9 atom stereocenters. The van der Waals surface area contributed by atoms with Gasteiger partial charge in [-0.3, -0.25) is 14.4 Å². The third-order valence-electron chi connectivity index (χ3n) is 10.6. The topological polar surface area (TPSA) is 155 Å². The highest BCUT2D eigenvalue weighted by Gasteiger charge is 2.78. The minimum absolute atomic E-state index is 0.140. The molecule has 1 aromatic rings. The molecule has 0 aromatic heterocycles. The average molecular weight is 647 g/mol. The number of ether oxygens (including phenoxy) is 5. The van der Waals surface area contributed by atoms with Gasteiger partial charge in [0.25, 0.3) is 0 Å². The number of thioether (sulfide) groups is 1. The van der Waals surface area contributed by atoms with Crippen LogP contribution in [0.4, 0.5) is 0 Å². The van der Waals surface area contributed by atoms with Crippen LogP contribution >= 0.6 is 11.8 Å². The van der Waals surface area contributed by atoms with Gasteiger partial charge in [0.15, 0.2) is 17.5 Å². The molecule has 0 spiro atoms. The maximum Gasteiger partial charge on any atom is 0.338 e. The summed E-state index contributed by atoms with van der Waals surface area (Å²) >= 11 is 1.39. The molecule has 1 heterocycles. The van der Waals surface area contributed by atoms with E-state index in [1.807, 2.05) is 6.26 Å². The zero-order chi connectivity index (χ0) is 33.1. The van der Waals surface area contributed by atoms with Crippen molar-refractivity contribution in [3.05, 3.63) is 47.0 Å². The van der Waals surface area contributed by atoms with E-state index >= 15 is 4.79 Å². The minimum Gasteiger partial charge on any atom is -0.455 e. The van der Waals surface area contributed by atoms with Crippen LogP contribution in [-0.2, 0) is 38.1 Å². The number of esters is 3. The van der Waals surface area contributed by atoms with E-state index in [2.05, 4.69) is 0 Å². The molecule has 1 aliphatic heterocycles. The van der Waals surface area contributed by atoms with Crippen LogP contribution in [0.25, 0.3) is 0 Å². The Morgan fingerprint density at radius 2 is 1.73 bits per heavy atom. The molecule has 45 heavy (non-hydrogen) atoms. The quantitative estimate of drug-likeness (QED) is 0.194. The predicted molar refractivity (Wildman–Crippen MR) is 162 cm³/mol. The number of Topliss-reactive ketones (excluding diaryl/α,β-unsaturated/α-hetero) is 1. The van der Waals surface area contributed by atoms with E-state index in [0.717, 1.165) is 0 Å². The van der Waals surface area contributed by atoms with Gasteiger partial charge in [-0.1, -0.05) is 32.0 Å². The summed E-state index contributed by atoms with van der Waals surface area (Å²) in [5.41, 5.74) is -5.86. The van der Waals surface area contributed by atoms with Crippen LogP contribution in [0.1, 0.15) is 64.7 Å². The number of benzene rings is 1. The van der Waals surface area contributed by atoms with E-state index in [1.165, 1.54) is 25.6 Å². The zero-order valence-electron chi connectivity index (χ0n) is 26.7. The van der Waals surface area contributed by atoms with Crippen LogP contribution in [0.15, 0.2) is 41.5 Å². The van der Waals surface area contributed by atoms with Crippen LogP contribution in [-0.4, -0.2) is 94.4 Å². The lowest BCUT2D eigenvalue weighted by molar-refractivity contribution is -0.347. The van der Waals surface area contributed by atoms with Crippen molar-refractivity contribution < 1.29 is 53.1 Å². The number of fused-ring (bicyclic) bond motifs is 5. The molecule has 2 bridgehead atoms. The van der Waals surface area contributed by atoms with Gasteiger partial charge >= 0.3 is 17.9 Å². The molecule has 4 aliphatic rings. The van der Waals surface area contributed by atoms with Crippen molar-refractivity contribution in [1.82, 2.24) is 0 Å². The molecule has 1 saturated heterocycles. The van der Waals surface area contributed by atoms with Crippen molar-refractivity contribution in [2.75, 3.05) is 18.8 Å². The lowest BCUT2D eigenvalue weighted by Crippen LogP contribution is -2.82. The van der Waals surface area contributed by atoms with E-state index < -0.39 is 82.2 Å². The molecular weight excluding hydrogens is 604 g/mol. The molecule has 11 nitrogen and oxygen atoms in total. The van der Waals surface area contributed by atoms with Crippen molar-refractivity contribution in [2.45, 2.75) is 96.1 Å². The zero-order valence-corrected chi connectivity index (χ0v) is 27.5. The number of aliphatic hydroxyl groups excluding tert-OH is 1. The molecule has 2 unspecified atom stereocenters. The maximum atomic E-state index is 15.2. The lowest BCUT2D eigenvalue weighted by atomic mass is 9.44. The monoisotopic (exact) mass is 646 g/mol. The number of rotatable bonds is 7. The normalized spacial score (nSPS) is 38.5. The molecule has 2 N–H and O–H groups in total. The highest BCUT2D eigenvalue weighted by Crippen LogP contribution is 2.64. The SMILES string of the molecule is CSCO[C@H]1C[C@H]2OC[C@@]2(OC(C)=O)C2C(OC(=O)c3ccccc3)[C@]3(O)C[C@H](O)C(C)=C([C@@H](OC(C)=O)C(=O)[C@@]21C)C3(C)C. The number of ketones is 1. The number of hydrogen-bond donors (Lipinski definition) is 2. The van der Waals surface area contributed by atoms with Crippen molar-refractivity contribution in [3.8, 4) is 0 Å². The molecule has 0 amide bonds. The molecular formula is C33H42O11S. The van der Waals surface area contributed by atoms with Gasteiger partial charge in [0.2, 0.25) is 0 Å². The minimum atomic E-state index is -2.06. The Hall–Kier alpha value is -2.77. The first kappa shape index (κ1) is 33.6. The first-order valence-corrected chi connectivity index (χ1v) is 16.5. The van der Waals surface area contributed by atoms with E-state index in [0.29, 0.717) is 5.57 Å². The maximum absolute atomic E-state index is 15.2. The van der Waals surface area contributed by atoms with E-state index in [4.69, 9.17) is 23.7 Å².